The van der Waals surface area contributed by atoms with Crippen molar-refractivity contribution < 1.29 is 0 Å². The molecule has 0 amide bonds. The maximum Gasteiger partial charge on any atom is 0.0541 e. The first-order valence-electron chi connectivity index (χ1n) is 14.7. The second kappa shape index (κ2) is 8.56. The molecule has 2 aliphatic carbocycles. The predicted octanol–water partition coefficient (Wildman–Crippen LogP) is 9.44. The third kappa shape index (κ3) is 3.18. The summed E-state index contributed by atoms with van der Waals surface area (Å²) >= 11 is 0. The number of rotatable bonds is 4. The Kier molecular flexibility index (Phi) is 4.78. The maximum absolute atomic E-state index is 2.50. The highest BCUT2D eigenvalue weighted by Gasteiger charge is 2.44. The van der Waals surface area contributed by atoms with Crippen molar-refractivity contribution in [1.82, 2.24) is 4.57 Å². The van der Waals surface area contributed by atoms with E-state index in [-0.39, 0.29) is 5.41 Å². The zero-order valence-electron chi connectivity index (χ0n) is 22.8. The largest absolute Gasteiger partial charge is 0.309 e. The van der Waals surface area contributed by atoms with Crippen LogP contribution in [0.5, 0.6) is 0 Å². The number of hydrogen-bond donors (Lipinski definition) is 0. The van der Waals surface area contributed by atoms with Gasteiger partial charge in [-0.1, -0.05) is 115 Å². The van der Waals surface area contributed by atoms with Crippen LogP contribution in [-0.2, 0) is 24.7 Å². The first kappa shape index (κ1) is 22.9. The van der Waals surface area contributed by atoms with Crippen molar-refractivity contribution in [1.29, 1.82) is 0 Å². The lowest BCUT2D eigenvalue weighted by Gasteiger charge is -2.35. The lowest BCUT2D eigenvalue weighted by atomic mass is 9.67. The smallest absolute Gasteiger partial charge is 0.0541 e. The number of aryl methyl sites for hydroxylation is 2. The number of fused-ring (bicyclic) bond motifs is 7. The molecule has 194 valence electrons. The van der Waals surface area contributed by atoms with Crippen molar-refractivity contribution in [3.8, 4) is 16.8 Å². The Morgan fingerprint density at radius 2 is 1.07 bits per heavy atom. The summed E-state index contributed by atoms with van der Waals surface area (Å²) in [5, 5.41) is 2.59. The van der Waals surface area contributed by atoms with Gasteiger partial charge in [-0.15, -0.1) is 0 Å². The summed E-state index contributed by atoms with van der Waals surface area (Å²) in [6, 6.07) is 52.2. The number of hydrogen-bond acceptors (Lipinski definition) is 0. The number of nitrogens with zero attached hydrogens (tertiary/aromatic N) is 1. The van der Waals surface area contributed by atoms with E-state index in [0.29, 0.717) is 0 Å². The molecule has 1 aromatic heterocycles. The molecular formula is C40H29N. The van der Waals surface area contributed by atoms with Crippen LogP contribution in [0.4, 0.5) is 0 Å². The van der Waals surface area contributed by atoms with Crippen LogP contribution in [0, 0.1) is 0 Å². The van der Waals surface area contributed by atoms with Crippen molar-refractivity contribution in [3.63, 3.8) is 0 Å². The van der Waals surface area contributed by atoms with Gasteiger partial charge in [0.1, 0.15) is 0 Å². The van der Waals surface area contributed by atoms with Gasteiger partial charge in [-0.25, -0.2) is 0 Å². The Morgan fingerprint density at radius 1 is 0.512 bits per heavy atom. The van der Waals surface area contributed by atoms with Crippen LogP contribution in [0.1, 0.15) is 33.4 Å². The lowest BCUT2D eigenvalue weighted by molar-refractivity contribution is 0.625. The minimum atomic E-state index is -0.216. The first-order valence-corrected chi connectivity index (χ1v) is 14.7. The van der Waals surface area contributed by atoms with Gasteiger partial charge >= 0.3 is 0 Å². The standard InChI is InChI=1S/C40H29N/c1-5-13-36-32(9-1)33-10-2-6-14-37(33)40(36,30-22-21-28-19-20-29(28)25-30)26-27-17-23-31(24-18-27)41-38-15-7-3-11-34(38)35-12-4-8-16-39(35)41/h1-18,21-25H,19-20,26H2. The molecule has 1 heteroatoms. The van der Waals surface area contributed by atoms with Gasteiger partial charge < -0.3 is 4.57 Å². The van der Waals surface area contributed by atoms with Gasteiger partial charge in [0.15, 0.2) is 0 Å². The molecule has 7 aromatic rings. The van der Waals surface area contributed by atoms with Crippen LogP contribution in [-0.4, -0.2) is 4.57 Å². The molecule has 41 heavy (non-hydrogen) atoms. The topological polar surface area (TPSA) is 4.93 Å². The van der Waals surface area contributed by atoms with E-state index >= 15 is 0 Å². The minimum absolute atomic E-state index is 0.216. The van der Waals surface area contributed by atoms with E-state index in [1.54, 1.807) is 0 Å². The average Bonchev–Trinajstić information content (AvgIpc) is 3.50. The molecule has 1 nitrogen and oxygen atoms in total. The highest BCUT2D eigenvalue weighted by Crippen LogP contribution is 2.54. The molecule has 0 saturated carbocycles. The van der Waals surface area contributed by atoms with E-state index in [1.807, 2.05) is 0 Å². The van der Waals surface area contributed by atoms with Crippen LogP contribution in [0.3, 0.4) is 0 Å². The van der Waals surface area contributed by atoms with Crippen molar-refractivity contribution in [2.75, 3.05) is 0 Å². The van der Waals surface area contributed by atoms with Gasteiger partial charge in [0.25, 0.3) is 0 Å². The normalized spacial score (nSPS) is 14.4. The summed E-state index contributed by atoms with van der Waals surface area (Å²) in [5.74, 6) is 0. The fraction of sp³-hybridized carbons (Fsp3) is 0.100. The molecule has 0 unspecified atom stereocenters. The van der Waals surface area contributed by atoms with Crippen LogP contribution >= 0.6 is 0 Å². The van der Waals surface area contributed by atoms with E-state index < -0.39 is 0 Å². The second-order valence-corrected chi connectivity index (χ2v) is 11.7. The van der Waals surface area contributed by atoms with Gasteiger partial charge in [-0.05, 0) is 88.0 Å². The molecule has 2 aliphatic rings. The van der Waals surface area contributed by atoms with Crippen LogP contribution < -0.4 is 0 Å². The number of benzene rings is 6. The predicted molar refractivity (Wildman–Crippen MR) is 170 cm³/mol. The van der Waals surface area contributed by atoms with Crippen LogP contribution in [0.15, 0.2) is 140 Å². The van der Waals surface area contributed by atoms with Gasteiger partial charge in [-0.3, -0.25) is 0 Å². The highest BCUT2D eigenvalue weighted by atomic mass is 15.0. The maximum atomic E-state index is 2.50. The Morgan fingerprint density at radius 3 is 1.66 bits per heavy atom. The summed E-state index contributed by atoms with van der Waals surface area (Å²) in [6.45, 7) is 0. The third-order valence-electron chi connectivity index (χ3n) is 9.67. The van der Waals surface area contributed by atoms with Crippen LogP contribution in [0.25, 0.3) is 38.6 Å². The fourth-order valence-corrected chi connectivity index (χ4v) is 7.66. The molecule has 0 radical (unpaired) electrons. The Bertz CT molecular complexity index is 2030. The molecule has 0 aliphatic heterocycles. The van der Waals surface area contributed by atoms with Crippen molar-refractivity contribution >= 4 is 21.8 Å². The van der Waals surface area contributed by atoms with Crippen molar-refractivity contribution in [2.45, 2.75) is 24.7 Å². The quantitative estimate of drug-likeness (QED) is 0.217. The molecule has 6 aromatic carbocycles. The van der Waals surface area contributed by atoms with Crippen molar-refractivity contribution in [3.05, 3.63) is 173 Å². The minimum Gasteiger partial charge on any atom is -0.309 e. The monoisotopic (exact) mass is 523 g/mol. The molecule has 9 rings (SSSR count). The summed E-state index contributed by atoms with van der Waals surface area (Å²) in [5.41, 5.74) is 14.9. The van der Waals surface area contributed by atoms with Gasteiger partial charge in [0.05, 0.1) is 16.4 Å². The van der Waals surface area contributed by atoms with E-state index in [2.05, 4.69) is 144 Å². The van der Waals surface area contributed by atoms with Gasteiger partial charge in [-0.2, -0.15) is 0 Å². The van der Waals surface area contributed by atoms with E-state index in [9.17, 15) is 0 Å². The Balaban J connectivity index is 1.22. The molecule has 0 spiro atoms. The Hall–Kier alpha value is -4.88. The molecule has 0 atom stereocenters. The Labute approximate surface area is 240 Å². The summed E-state index contributed by atoms with van der Waals surface area (Å²) in [4.78, 5) is 0. The average molecular weight is 524 g/mol. The zero-order chi connectivity index (χ0) is 27.0. The highest BCUT2D eigenvalue weighted by molar-refractivity contribution is 6.09. The fourth-order valence-electron chi connectivity index (χ4n) is 7.66. The van der Waals surface area contributed by atoms with Crippen molar-refractivity contribution in [2.24, 2.45) is 0 Å². The van der Waals surface area contributed by atoms with Gasteiger partial charge in [0.2, 0.25) is 0 Å². The molecule has 0 N–H and O–H groups in total. The third-order valence-corrected chi connectivity index (χ3v) is 9.67. The summed E-state index contributed by atoms with van der Waals surface area (Å²) < 4.78 is 2.40. The van der Waals surface area contributed by atoms with Crippen LogP contribution in [0.2, 0.25) is 0 Å². The first-order chi connectivity index (χ1) is 20.3. The number of para-hydroxylation sites is 2. The second-order valence-electron chi connectivity index (χ2n) is 11.7. The molecule has 0 bridgehead atoms. The van der Waals surface area contributed by atoms with E-state index in [0.717, 1.165) is 6.42 Å². The molecular weight excluding hydrogens is 494 g/mol. The summed E-state index contributed by atoms with van der Waals surface area (Å²) in [7, 11) is 0. The zero-order valence-corrected chi connectivity index (χ0v) is 22.8. The summed E-state index contributed by atoms with van der Waals surface area (Å²) in [6.07, 6.45) is 3.32. The van der Waals surface area contributed by atoms with Gasteiger partial charge in [0, 0.05) is 16.5 Å². The molecule has 0 saturated heterocycles. The van der Waals surface area contributed by atoms with E-state index in [1.165, 1.54) is 84.8 Å². The number of aromatic nitrogens is 1. The van der Waals surface area contributed by atoms with E-state index in [4.69, 9.17) is 0 Å². The molecule has 0 fully saturated rings. The molecule has 1 heterocycles. The SMILES string of the molecule is c1ccc2c(c1)-c1ccccc1C2(Cc1ccc(-n2c3ccccc3c3ccccc32)cc1)c1ccc2c(c1)CC2. The lowest BCUT2D eigenvalue weighted by Crippen LogP contribution is -2.30.